The summed E-state index contributed by atoms with van der Waals surface area (Å²) in [6, 6.07) is 23.1. The van der Waals surface area contributed by atoms with Gasteiger partial charge in [0.1, 0.15) is 5.75 Å². The molecule has 2 amide bonds. The summed E-state index contributed by atoms with van der Waals surface area (Å²) < 4.78 is 18.3. The van der Waals surface area contributed by atoms with Gasteiger partial charge in [-0.15, -0.1) is 11.8 Å². The minimum atomic E-state index is -0.600. The van der Waals surface area contributed by atoms with Crippen LogP contribution in [0.1, 0.15) is 61.2 Å². The summed E-state index contributed by atoms with van der Waals surface area (Å²) in [5, 5.41) is 20.9. The van der Waals surface area contributed by atoms with Crippen molar-refractivity contribution in [2.75, 3.05) is 18.2 Å². The van der Waals surface area contributed by atoms with Gasteiger partial charge in [-0.25, -0.2) is 5.48 Å². The van der Waals surface area contributed by atoms with Crippen molar-refractivity contribution >= 4 is 29.3 Å². The van der Waals surface area contributed by atoms with Gasteiger partial charge in [-0.2, -0.15) is 0 Å². The number of carbonyl (C=O) groups is 2. The molecule has 0 aromatic heterocycles. The van der Waals surface area contributed by atoms with Crippen LogP contribution >= 0.6 is 11.8 Å². The van der Waals surface area contributed by atoms with Crippen molar-refractivity contribution in [3.05, 3.63) is 89.5 Å². The first kappa shape index (κ1) is 30.5. The van der Waals surface area contributed by atoms with E-state index in [9.17, 15) is 14.7 Å². The van der Waals surface area contributed by atoms with E-state index in [1.54, 1.807) is 24.4 Å². The number of hydrogen-bond donors (Lipinski definition) is 4. The number of methoxy groups -OCH3 is 1. The van der Waals surface area contributed by atoms with Crippen LogP contribution in [0.4, 0.5) is 5.69 Å². The first-order valence-electron chi connectivity index (χ1n) is 13.6. The zero-order valence-corrected chi connectivity index (χ0v) is 23.8. The van der Waals surface area contributed by atoms with Crippen molar-refractivity contribution in [1.29, 1.82) is 0 Å². The minimum Gasteiger partial charge on any atom is -0.496 e. The Labute approximate surface area is 244 Å². The molecule has 0 aliphatic carbocycles. The fourth-order valence-corrected chi connectivity index (χ4v) is 5.57. The molecule has 1 fully saturated rings. The Morgan fingerprint density at radius 1 is 0.927 bits per heavy atom. The molecular weight excluding hydrogens is 544 g/mol. The molecule has 0 radical (unpaired) electrons. The third-order valence-corrected chi connectivity index (χ3v) is 7.94. The molecule has 0 spiro atoms. The number of aliphatic hydroxyl groups excluding tert-OH is 1. The second-order valence-corrected chi connectivity index (χ2v) is 10.8. The fourth-order valence-electron chi connectivity index (χ4n) is 4.52. The summed E-state index contributed by atoms with van der Waals surface area (Å²) in [4.78, 5) is 24.4. The van der Waals surface area contributed by atoms with Gasteiger partial charge in [0.05, 0.1) is 25.9 Å². The molecule has 1 saturated heterocycles. The van der Waals surface area contributed by atoms with Gasteiger partial charge in [0.25, 0.3) is 0 Å². The van der Waals surface area contributed by atoms with E-state index in [0.29, 0.717) is 30.7 Å². The van der Waals surface area contributed by atoms with Crippen LogP contribution in [0, 0.1) is 0 Å². The molecule has 3 aromatic carbocycles. The lowest BCUT2D eigenvalue weighted by Crippen LogP contribution is -2.31. The Bertz CT molecular complexity index is 1270. The lowest BCUT2D eigenvalue weighted by atomic mass is 10.0. The molecule has 0 bridgehead atoms. The van der Waals surface area contributed by atoms with Gasteiger partial charge < -0.3 is 24.6 Å². The van der Waals surface area contributed by atoms with Crippen LogP contribution < -0.4 is 15.5 Å². The zero-order chi connectivity index (χ0) is 29.0. The van der Waals surface area contributed by atoms with Crippen molar-refractivity contribution in [3.8, 4) is 5.75 Å². The molecule has 1 heterocycles. The number of hydrogen-bond acceptors (Lipinski definition) is 8. The van der Waals surface area contributed by atoms with Crippen LogP contribution in [0.15, 0.2) is 77.7 Å². The van der Waals surface area contributed by atoms with Gasteiger partial charge in [0, 0.05) is 41.2 Å². The van der Waals surface area contributed by atoms with E-state index in [-0.39, 0.29) is 37.6 Å². The third-order valence-electron chi connectivity index (χ3n) is 6.76. The zero-order valence-electron chi connectivity index (χ0n) is 23.0. The molecule has 10 heteroatoms. The number of para-hydroxylation sites is 1. The standard InChI is InChI=1S/C31H36N2O7S/c1-38-26-6-2-3-7-28(26)41-20-25-18-27(22-12-10-21(19-34)11-13-22)40-31(39-25)23-14-16-24(17-15-23)32-29(35)8-4-5-9-30(36)33-37/h2-3,6-7,10-17,25,27,31,34,37H,4-5,8-9,18-20H2,1H3,(H,32,35)(H,33,36). The van der Waals surface area contributed by atoms with Gasteiger partial charge in [-0.3, -0.25) is 14.8 Å². The van der Waals surface area contributed by atoms with Crippen molar-refractivity contribution in [3.63, 3.8) is 0 Å². The van der Waals surface area contributed by atoms with Gasteiger partial charge >= 0.3 is 0 Å². The number of ether oxygens (including phenoxy) is 3. The Balaban J connectivity index is 1.41. The topological polar surface area (TPSA) is 126 Å². The predicted octanol–water partition coefficient (Wildman–Crippen LogP) is 5.53. The summed E-state index contributed by atoms with van der Waals surface area (Å²) in [5.74, 6) is 0.926. The molecule has 3 aromatic rings. The van der Waals surface area contributed by atoms with Crippen molar-refractivity contribution in [2.45, 2.75) is 62.1 Å². The van der Waals surface area contributed by atoms with Gasteiger partial charge in [0.2, 0.25) is 11.8 Å². The van der Waals surface area contributed by atoms with Crippen LogP contribution in [-0.2, 0) is 25.7 Å². The fraction of sp³-hybridized carbons (Fsp3) is 0.355. The molecule has 218 valence electrons. The SMILES string of the molecule is COc1ccccc1SCC1CC(c2ccc(CO)cc2)OC(c2ccc(NC(=O)CCCCC(=O)NO)cc2)O1. The lowest BCUT2D eigenvalue weighted by molar-refractivity contribution is -0.245. The number of thioether (sulfide) groups is 1. The highest BCUT2D eigenvalue weighted by molar-refractivity contribution is 7.99. The third kappa shape index (κ3) is 9.04. The maximum atomic E-state index is 12.3. The number of amides is 2. The molecule has 1 aliphatic heterocycles. The van der Waals surface area contributed by atoms with Crippen molar-refractivity contribution in [1.82, 2.24) is 5.48 Å². The molecular formula is C31H36N2O7S. The van der Waals surface area contributed by atoms with E-state index in [1.807, 2.05) is 72.8 Å². The number of anilines is 1. The van der Waals surface area contributed by atoms with Crippen molar-refractivity contribution < 1.29 is 34.1 Å². The predicted molar refractivity (Wildman–Crippen MR) is 156 cm³/mol. The Morgan fingerprint density at radius 2 is 1.61 bits per heavy atom. The number of aliphatic hydroxyl groups is 1. The van der Waals surface area contributed by atoms with E-state index < -0.39 is 12.2 Å². The first-order valence-corrected chi connectivity index (χ1v) is 14.6. The molecule has 4 rings (SSSR count). The quantitative estimate of drug-likeness (QED) is 0.0900. The Kier molecular flexibility index (Phi) is 11.6. The molecule has 41 heavy (non-hydrogen) atoms. The van der Waals surface area contributed by atoms with E-state index >= 15 is 0 Å². The Hall–Kier alpha value is -3.41. The summed E-state index contributed by atoms with van der Waals surface area (Å²) in [6.45, 7) is -0.0144. The number of rotatable bonds is 13. The minimum absolute atomic E-state index is 0.0144. The highest BCUT2D eigenvalue weighted by atomic mass is 32.2. The molecule has 4 N–H and O–H groups in total. The summed E-state index contributed by atoms with van der Waals surface area (Å²) in [5.41, 5.74) is 4.94. The summed E-state index contributed by atoms with van der Waals surface area (Å²) in [6.07, 6.45) is 1.27. The second kappa shape index (κ2) is 15.6. The number of hydroxylamine groups is 1. The normalized spacial score (nSPS) is 18.5. The van der Waals surface area contributed by atoms with Crippen LogP contribution in [0.25, 0.3) is 0 Å². The number of unbranched alkanes of at least 4 members (excludes halogenated alkanes) is 1. The summed E-state index contributed by atoms with van der Waals surface area (Å²) >= 11 is 1.68. The van der Waals surface area contributed by atoms with E-state index in [0.717, 1.165) is 27.3 Å². The maximum Gasteiger partial charge on any atom is 0.243 e. The van der Waals surface area contributed by atoms with Gasteiger partial charge in [-0.1, -0.05) is 48.5 Å². The molecule has 3 atom stereocenters. The van der Waals surface area contributed by atoms with Gasteiger partial charge in [0.15, 0.2) is 6.29 Å². The van der Waals surface area contributed by atoms with Gasteiger partial charge in [-0.05, 0) is 48.2 Å². The Morgan fingerprint density at radius 3 is 2.29 bits per heavy atom. The first-order chi connectivity index (χ1) is 20.0. The van der Waals surface area contributed by atoms with E-state index in [2.05, 4.69) is 5.32 Å². The average Bonchev–Trinajstić information content (AvgIpc) is 3.02. The number of nitrogens with one attached hydrogen (secondary N) is 2. The van der Waals surface area contributed by atoms with E-state index in [4.69, 9.17) is 19.4 Å². The monoisotopic (exact) mass is 580 g/mol. The second-order valence-electron chi connectivity index (χ2n) is 9.72. The molecule has 0 saturated carbocycles. The highest BCUT2D eigenvalue weighted by Crippen LogP contribution is 2.40. The van der Waals surface area contributed by atoms with Crippen LogP contribution in [0.5, 0.6) is 5.75 Å². The number of benzene rings is 3. The van der Waals surface area contributed by atoms with Crippen LogP contribution in [0.2, 0.25) is 0 Å². The average molecular weight is 581 g/mol. The highest BCUT2D eigenvalue weighted by Gasteiger charge is 2.32. The molecule has 3 unspecified atom stereocenters. The molecule has 1 aliphatic rings. The maximum absolute atomic E-state index is 12.3. The van der Waals surface area contributed by atoms with E-state index in [1.165, 1.54) is 0 Å². The van der Waals surface area contributed by atoms with Crippen molar-refractivity contribution in [2.24, 2.45) is 0 Å². The largest absolute Gasteiger partial charge is 0.496 e. The molecule has 9 nitrogen and oxygen atoms in total. The van der Waals surface area contributed by atoms with Crippen LogP contribution in [-0.4, -0.2) is 41.1 Å². The smallest absolute Gasteiger partial charge is 0.243 e. The van der Waals surface area contributed by atoms with Crippen LogP contribution in [0.3, 0.4) is 0 Å². The lowest BCUT2D eigenvalue weighted by Gasteiger charge is -2.36. The summed E-state index contributed by atoms with van der Waals surface area (Å²) in [7, 11) is 1.66. The number of carbonyl (C=O) groups excluding carboxylic acids is 2.